The van der Waals surface area contributed by atoms with Crippen LogP contribution >= 0.6 is 27.3 Å². The van der Waals surface area contributed by atoms with Gasteiger partial charge in [-0.05, 0) is 58.8 Å². The molecule has 4 nitrogen and oxygen atoms in total. The number of phenolic OH excluding ortho intramolecular Hbond substituents is 1. The van der Waals surface area contributed by atoms with E-state index in [1.165, 1.54) is 11.3 Å². The standard InChI is InChI=1S/C18H13BrN2O2S/c1-2-23-15-9-11(8-13(19)17(15)22)7-12(10-20)18-21-14-5-3-4-6-16(14)24-18/h3-9,22H,2H2,1H3/b12-7-. The van der Waals surface area contributed by atoms with Crippen LogP contribution in [-0.4, -0.2) is 16.7 Å². The second-order valence-corrected chi connectivity index (χ2v) is 6.82. The van der Waals surface area contributed by atoms with E-state index >= 15 is 0 Å². The van der Waals surface area contributed by atoms with Crippen molar-refractivity contribution in [3.05, 3.63) is 51.4 Å². The highest BCUT2D eigenvalue weighted by atomic mass is 79.9. The van der Waals surface area contributed by atoms with Crippen molar-refractivity contribution < 1.29 is 9.84 Å². The van der Waals surface area contributed by atoms with Crippen molar-refractivity contribution in [1.29, 1.82) is 5.26 Å². The van der Waals surface area contributed by atoms with Crippen molar-refractivity contribution in [2.75, 3.05) is 6.61 Å². The van der Waals surface area contributed by atoms with E-state index < -0.39 is 0 Å². The molecule has 0 aliphatic heterocycles. The lowest BCUT2D eigenvalue weighted by Gasteiger charge is -2.08. The molecule has 0 bridgehead atoms. The minimum Gasteiger partial charge on any atom is -0.503 e. The molecule has 0 aliphatic rings. The number of ether oxygens (including phenoxy) is 1. The Morgan fingerprint density at radius 3 is 2.92 bits per heavy atom. The number of phenols is 1. The van der Waals surface area contributed by atoms with Gasteiger partial charge in [0.15, 0.2) is 11.5 Å². The second-order valence-electron chi connectivity index (χ2n) is 4.94. The third-order valence-corrected chi connectivity index (χ3v) is 4.98. The van der Waals surface area contributed by atoms with Crippen LogP contribution in [0.25, 0.3) is 21.9 Å². The Morgan fingerprint density at radius 2 is 2.21 bits per heavy atom. The highest BCUT2D eigenvalue weighted by Gasteiger charge is 2.12. The molecule has 0 amide bonds. The van der Waals surface area contributed by atoms with Gasteiger partial charge in [-0.15, -0.1) is 11.3 Å². The van der Waals surface area contributed by atoms with Gasteiger partial charge < -0.3 is 9.84 Å². The van der Waals surface area contributed by atoms with Gasteiger partial charge in [0.1, 0.15) is 11.1 Å². The smallest absolute Gasteiger partial charge is 0.172 e. The summed E-state index contributed by atoms with van der Waals surface area (Å²) >= 11 is 4.78. The molecule has 3 aromatic rings. The van der Waals surface area contributed by atoms with Gasteiger partial charge in [0.25, 0.3) is 0 Å². The molecule has 24 heavy (non-hydrogen) atoms. The Morgan fingerprint density at radius 1 is 1.42 bits per heavy atom. The Bertz CT molecular complexity index is 940. The van der Waals surface area contributed by atoms with Crippen LogP contribution in [0.2, 0.25) is 0 Å². The van der Waals surface area contributed by atoms with Crippen LogP contribution < -0.4 is 4.74 Å². The topological polar surface area (TPSA) is 66.1 Å². The number of benzene rings is 2. The molecule has 0 fully saturated rings. The van der Waals surface area contributed by atoms with E-state index in [4.69, 9.17) is 4.74 Å². The molecular weight excluding hydrogens is 388 g/mol. The number of rotatable bonds is 4. The molecule has 0 unspecified atom stereocenters. The summed E-state index contributed by atoms with van der Waals surface area (Å²) in [7, 11) is 0. The highest BCUT2D eigenvalue weighted by Crippen LogP contribution is 2.37. The second kappa shape index (κ2) is 7.04. The SMILES string of the molecule is CCOc1cc(/C=C(/C#N)c2nc3ccccc3s2)cc(Br)c1O. The summed E-state index contributed by atoms with van der Waals surface area (Å²) in [6.45, 7) is 2.29. The number of nitrogens with zero attached hydrogens (tertiary/aromatic N) is 2. The lowest BCUT2D eigenvalue weighted by atomic mass is 10.1. The van der Waals surface area contributed by atoms with Crippen LogP contribution in [0.4, 0.5) is 0 Å². The quantitative estimate of drug-likeness (QED) is 0.608. The van der Waals surface area contributed by atoms with Crippen LogP contribution in [0.15, 0.2) is 40.9 Å². The van der Waals surface area contributed by atoms with Gasteiger partial charge in [0.05, 0.1) is 26.9 Å². The van der Waals surface area contributed by atoms with Crippen LogP contribution in [0, 0.1) is 11.3 Å². The largest absolute Gasteiger partial charge is 0.503 e. The van der Waals surface area contributed by atoms with Crippen LogP contribution in [0.1, 0.15) is 17.5 Å². The van der Waals surface area contributed by atoms with Crippen molar-refractivity contribution >= 4 is 49.1 Å². The number of allylic oxidation sites excluding steroid dienone is 1. The lowest BCUT2D eigenvalue weighted by Crippen LogP contribution is -1.93. The molecule has 0 aliphatic carbocycles. The molecule has 2 aromatic carbocycles. The first-order chi connectivity index (χ1) is 11.6. The van der Waals surface area contributed by atoms with Gasteiger partial charge in [0.2, 0.25) is 0 Å². The number of aromatic nitrogens is 1. The van der Waals surface area contributed by atoms with E-state index in [2.05, 4.69) is 27.0 Å². The number of para-hydroxylation sites is 1. The Labute approximate surface area is 151 Å². The zero-order valence-electron chi connectivity index (χ0n) is 12.8. The first-order valence-corrected chi connectivity index (χ1v) is 8.86. The summed E-state index contributed by atoms with van der Waals surface area (Å²) < 4.78 is 6.97. The van der Waals surface area contributed by atoms with E-state index in [0.717, 1.165) is 15.8 Å². The third kappa shape index (κ3) is 3.28. The van der Waals surface area contributed by atoms with Gasteiger partial charge in [-0.1, -0.05) is 12.1 Å². The number of hydrogen-bond donors (Lipinski definition) is 1. The summed E-state index contributed by atoms with van der Waals surface area (Å²) in [5.41, 5.74) is 2.09. The number of fused-ring (bicyclic) bond motifs is 1. The van der Waals surface area contributed by atoms with Gasteiger partial charge in [-0.2, -0.15) is 5.26 Å². The lowest BCUT2D eigenvalue weighted by molar-refractivity contribution is 0.317. The number of nitriles is 1. The summed E-state index contributed by atoms with van der Waals surface area (Å²) in [6, 6.07) is 13.4. The fourth-order valence-electron chi connectivity index (χ4n) is 2.24. The molecule has 0 radical (unpaired) electrons. The Hall–Kier alpha value is -2.36. The van der Waals surface area contributed by atoms with Gasteiger partial charge in [-0.25, -0.2) is 4.98 Å². The van der Waals surface area contributed by atoms with E-state index in [-0.39, 0.29) is 5.75 Å². The minimum atomic E-state index is 0.0486. The number of thiazole rings is 1. The van der Waals surface area contributed by atoms with Crippen LogP contribution in [0.3, 0.4) is 0 Å². The normalized spacial score (nSPS) is 11.5. The van der Waals surface area contributed by atoms with Gasteiger partial charge >= 0.3 is 0 Å². The van der Waals surface area contributed by atoms with Crippen LogP contribution in [-0.2, 0) is 0 Å². The molecule has 0 saturated carbocycles. The summed E-state index contributed by atoms with van der Waals surface area (Å²) in [5.74, 6) is 0.423. The maximum atomic E-state index is 9.99. The Kier molecular flexibility index (Phi) is 4.84. The predicted molar refractivity (Wildman–Crippen MR) is 100 cm³/mol. The molecule has 0 saturated heterocycles. The first-order valence-electron chi connectivity index (χ1n) is 7.25. The highest BCUT2D eigenvalue weighted by molar-refractivity contribution is 9.10. The number of halogens is 1. The van der Waals surface area contributed by atoms with Crippen LogP contribution in [0.5, 0.6) is 11.5 Å². The molecule has 0 atom stereocenters. The summed E-state index contributed by atoms with van der Waals surface area (Å²) in [6.07, 6.45) is 1.74. The molecule has 0 spiro atoms. The van der Waals surface area contributed by atoms with Crippen molar-refractivity contribution in [1.82, 2.24) is 4.98 Å². The van der Waals surface area contributed by atoms with Crippen molar-refractivity contribution in [3.63, 3.8) is 0 Å². The molecule has 3 rings (SSSR count). The monoisotopic (exact) mass is 400 g/mol. The Balaban J connectivity index is 2.06. The summed E-state index contributed by atoms with van der Waals surface area (Å²) in [5, 5.41) is 20.2. The van der Waals surface area contributed by atoms with Gasteiger partial charge in [-0.3, -0.25) is 0 Å². The minimum absolute atomic E-state index is 0.0486. The van der Waals surface area contributed by atoms with Crippen molar-refractivity contribution in [2.24, 2.45) is 0 Å². The first kappa shape index (κ1) is 16.5. The third-order valence-electron chi connectivity index (χ3n) is 3.31. The molecule has 120 valence electrons. The zero-order valence-corrected chi connectivity index (χ0v) is 15.2. The maximum absolute atomic E-state index is 9.99. The van der Waals surface area contributed by atoms with Crippen molar-refractivity contribution in [3.8, 4) is 17.6 Å². The van der Waals surface area contributed by atoms with E-state index in [1.54, 1.807) is 18.2 Å². The van der Waals surface area contributed by atoms with Crippen molar-refractivity contribution in [2.45, 2.75) is 6.92 Å². The maximum Gasteiger partial charge on any atom is 0.172 e. The van der Waals surface area contributed by atoms with E-state index in [9.17, 15) is 10.4 Å². The average Bonchev–Trinajstić information content (AvgIpc) is 3.01. The molecular formula is C18H13BrN2O2S. The van der Waals surface area contributed by atoms with Gasteiger partial charge in [0, 0.05) is 0 Å². The predicted octanol–water partition coefficient (Wildman–Crippen LogP) is 5.23. The number of hydrogen-bond acceptors (Lipinski definition) is 5. The average molecular weight is 401 g/mol. The summed E-state index contributed by atoms with van der Waals surface area (Å²) in [4.78, 5) is 4.51. The zero-order chi connectivity index (χ0) is 17.1. The molecule has 1 heterocycles. The molecule has 1 N–H and O–H groups in total. The molecule has 1 aromatic heterocycles. The molecule has 6 heteroatoms. The van der Waals surface area contributed by atoms with E-state index in [1.807, 2.05) is 31.2 Å². The number of aromatic hydroxyl groups is 1. The fourth-order valence-corrected chi connectivity index (χ4v) is 3.63. The van der Waals surface area contributed by atoms with E-state index in [0.29, 0.717) is 27.4 Å². The fraction of sp³-hybridized carbons (Fsp3) is 0.111.